The van der Waals surface area contributed by atoms with Crippen molar-refractivity contribution >= 4 is 23.4 Å². The van der Waals surface area contributed by atoms with Crippen LogP contribution in [0.5, 0.6) is 0 Å². The third-order valence-electron chi connectivity index (χ3n) is 3.34. The minimum absolute atomic E-state index is 0.270. The van der Waals surface area contributed by atoms with E-state index < -0.39 is 0 Å². The second-order valence-electron chi connectivity index (χ2n) is 4.85. The molecule has 1 saturated carbocycles. The number of benzene rings is 1. The molecule has 0 heterocycles. The van der Waals surface area contributed by atoms with E-state index in [0.717, 1.165) is 4.90 Å². The Morgan fingerprint density at radius 1 is 1.37 bits per heavy atom. The van der Waals surface area contributed by atoms with Gasteiger partial charge < -0.3 is 10.5 Å². The maximum Gasteiger partial charge on any atom is 0.339 e. The molecule has 0 amide bonds. The third kappa shape index (κ3) is 3.90. The van der Waals surface area contributed by atoms with Crippen molar-refractivity contribution in [2.75, 3.05) is 12.3 Å². The molecular weight excluding hydrogens is 258 g/mol. The van der Waals surface area contributed by atoms with Crippen LogP contribution >= 0.6 is 11.8 Å². The summed E-state index contributed by atoms with van der Waals surface area (Å²) in [7, 11) is 0. The Kier molecular flexibility index (Phi) is 5.14. The highest BCUT2D eigenvalue weighted by Gasteiger charge is 2.19. The van der Waals surface area contributed by atoms with Gasteiger partial charge in [0.15, 0.2) is 0 Å². The van der Waals surface area contributed by atoms with Gasteiger partial charge in [-0.15, -0.1) is 11.8 Å². The fraction of sp³-hybridized carbons (Fsp3) is 0.533. The first-order valence-corrected chi connectivity index (χ1v) is 7.82. The molecule has 104 valence electrons. The maximum atomic E-state index is 12.0. The number of carbonyl (C=O) groups excluding carboxylic acids is 1. The second-order valence-corrected chi connectivity index (χ2v) is 6.20. The van der Waals surface area contributed by atoms with E-state index in [1.165, 1.54) is 32.1 Å². The minimum Gasteiger partial charge on any atom is -0.462 e. The molecule has 0 atom stereocenters. The minimum atomic E-state index is -0.270. The van der Waals surface area contributed by atoms with Crippen molar-refractivity contribution in [1.29, 1.82) is 0 Å². The van der Waals surface area contributed by atoms with E-state index in [-0.39, 0.29) is 5.97 Å². The van der Waals surface area contributed by atoms with Gasteiger partial charge in [0.1, 0.15) is 0 Å². The molecule has 1 aromatic rings. The van der Waals surface area contributed by atoms with Gasteiger partial charge in [0, 0.05) is 15.8 Å². The summed E-state index contributed by atoms with van der Waals surface area (Å²) in [5.74, 6) is -0.270. The maximum absolute atomic E-state index is 12.0. The molecule has 0 aliphatic heterocycles. The molecule has 4 heteroatoms. The number of ether oxygens (including phenoxy) is 1. The van der Waals surface area contributed by atoms with Crippen LogP contribution in [0.25, 0.3) is 0 Å². The highest BCUT2D eigenvalue weighted by atomic mass is 32.2. The summed E-state index contributed by atoms with van der Waals surface area (Å²) in [6.45, 7) is 2.21. The number of esters is 1. The van der Waals surface area contributed by atoms with Crippen molar-refractivity contribution in [2.45, 2.75) is 49.2 Å². The van der Waals surface area contributed by atoms with Crippen LogP contribution < -0.4 is 5.73 Å². The molecule has 1 aromatic carbocycles. The standard InChI is InChI=1S/C15H21NO2S/c1-2-18-15(17)13-10-11(16)8-9-14(13)19-12-6-4-3-5-7-12/h8-10,12H,2-7,16H2,1H3. The molecular formula is C15H21NO2S. The van der Waals surface area contributed by atoms with Gasteiger partial charge in [-0.1, -0.05) is 19.3 Å². The Bertz CT molecular complexity index is 442. The fourth-order valence-electron chi connectivity index (χ4n) is 2.38. The zero-order chi connectivity index (χ0) is 13.7. The predicted molar refractivity (Wildman–Crippen MR) is 79.5 cm³/mol. The first-order chi connectivity index (χ1) is 9.20. The predicted octanol–water partition coefficient (Wildman–Crippen LogP) is 3.87. The highest BCUT2D eigenvalue weighted by molar-refractivity contribution is 8.00. The summed E-state index contributed by atoms with van der Waals surface area (Å²) in [4.78, 5) is 13.0. The molecule has 19 heavy (non-hydrogen) atoms. The second kappa shape index (κ2) is 6.85. The number of anilines is 1. The van der Waals surface area contributed by atoms with E-state index in [9.17, 15) is 4.79 Å². The quantitative estimate of drug-likeness (QED) is 0.671. The monoisotopic (exact) mass is 279 g/mol. The van der Waals surface area contributed by atoms with E-state index in [1.54, 1.807) is 17.8 Å². The molecule has 0 bridgehead atoms. The number of nitrogen functional groups attached to an aromatic ring is 1. The number of thioether (sulfide) groups is 1. The van der Waals surface area contributed by atoms with Gasteiger partial charge in [-0.3, -0.25) is 0 Å². The zero-order valence-corrected chi connectivity index (χ0v) is 12.2. The van der Waals surface area contributed by atoms with E-state index in [4.69, 9.17) is 10.5 Å². The molecule has 0 saturated heterocycles. The molecule has 0 radical (unpaired) electrons. The first-order valence-electron chi connectivity index (χ1n) is 6.94. The van der Waals surface area contributed by atoms with Gasteiger partial charge in [0.2, 0.25) is 0 Å². The SMILES string of the molecule is CCOC(=O)c1cc(N)ccc1SC1CCCCC1. The summed E-state index contributed by atoms with van der Waals surface area (Å²) < 4.78 is 5.10. The summed E-state index contributed by atoms with van der Waals surface area (Å²) in [6.07, 6.45) is 6.39. The normalized spacial score (nSPS) is 16.3. The van der Waals surface area contributed by atoms with Crippen LogP contribution in [0.3, 0.4) is 0 Å². The summed E-state index contributed by atoms with van der Waals surface area (Å²) in [5.41, 5.74) is 6.99. The average Bonchev–Trinajstić information content (AvgIpc) is 2.42. The zero-order valence-electron chi connectivity index (χ0n) is 11.4. The van der Waals surface area contributed by atoms with E-state index in [2.05, 4.69) is 0 Å². The van der Waals surface area contributed by atoms with Crippen molar-refractivity contribution in [2.24, 2.45) is 0 Å². The van der Waals surface area contributed by atoms with Gasteiger partial charge in [0.25, 0.3) is 0 Å². The summed E-state index contributed by atoms with van der Waals surface area (Å²) >= 11 is 1.80. The highest BCUT2D eigenvalue weighted by Crippen LogP contribution is 2.36. The van der Waals surface area contributed by atoms with E-state index in [1.807, 2.05) is 19.1 Å². The average molecular weight is 279 g/mol. The molecule has 2 N–H and O–H groups in total. The smallest absolute Gasteiger partial charge is 0.339 e. The van der Waals surface area contributed by atoms with Crippen molar-refractivity contribution in [3.63, 3.8) is 0 Å². The van der Waals surface area contributed by atoms with Crippen LogP contribution in [0.4, 0.5) is 5.69 Å². The van der Waals surface area contributed by atoms with Crippen LogP contribution in [-0.2, 0) is 4.74 Å². The van der Waals surface area contributed by atoms with Crippen LogP contribution in [0, 0.1) is 0 Å². The topological polar surface area (TPSA) is 52.3 Å². The summed E-state index contributed by atoms with van der Waals surface area (Å²) in [6, 6.07) is 5.53. The molecule has 0 aromatic heterocycles. The number of hydrogen-bond donors (Lipinski definition) is 1. The third-order valence-corrected chi connectivity index (χ3v) is 4.76. The van der Waals surface area contributed by atoms with Crippen molar-refractivity contribution in [1.82, 2.24) is 0 Å². The molecule has 1 aliphatic rings. The van der Waals surface area contributed by atoms with Crippen molar-refractivity contribution in [3.8, 4) is 0 Å². The van der Waals surface area contributed by atoms with Gasteiger partial charge in [-0.05, 0) is 38.0 Å². The lowest BCUT2D eigenvalue weighted by Crippen LogP contribution is -2.11. The number of nitrogens with two attached hydrogens (primary N) is 1. The van der Waals surface area contributed by atoms with E-state index in [0.29, 0.717) is 23.1 Å². The van der Waals surface area contributed by atoms with Crippen molar-refractivity contribution in [3.05, 3.63) is 23.8 Å². The molecule has 3 nitrogen and oxygen atoms in total. The lowest BCUT2D eigenvalue weighted by Gasteiger charge is -2.22. The number of carbonyl (C=O) groups is 1. The van der Waals surface area contributed by atoms with Crippen LogP contribution in [0.15, 0.2) is 23.1 Å². The molecule has 2 rings (SSSR count). The van der Waals surface area contributed by atoms with Gasteiger partial charge in [0.05, 0.1) is 12.2 Å². The van der Waals surface area contributed by atoms with Crippen LogP contribution in [-0.4, -0.2) is 17.8 Å². The Hall–Kier alpha value is -1.16. The Morgan fingerprint density at radius 2 is 2.11 bits per heavy atom. The lowest BCUT2D eigenvalue weighted by atomic mass is 10.0. The van der Waals surface area contributed by atoms with Gasteiger partial charge >= 0.3 is 5.97 Å². The Labute approximate surface area is 118 Å². The largest absolute Gasteiger partial charge is 0.462 e. The molecule has 0 spiro atoms. The van der Waals surface area contributed by atoms with Gasteiger partial charge in [-0.2, -0.15) is 0 Å². The van der Waals surface area contributed by atoms with Gasteiger partial charge in [-0.25, -0.2) is 4.79 Å². The van der Waals surface area contributed by atoms with Crippen LogP contribution in [0.2, 0.25) is 0 Å². The molecule has 1 aliphatic carbocycles. The first kappa shape index (κ1) is 14.3. The number of rotatable bonds is 4. The molecule has 0 unspecified atom stereocenters. The Balaban J connectivity index is 2.15. The van der Waals surface area contributed by atoms with Crippen molar-refractivity contribution < 1.29 is 9.53 Å². The Morgan fingerprint density at radius 3 is 2.79 bits per heavy atom. The summed E-state index contributed by atoms with van der Waals surface area (Å²) in [5, 5.41) is 0.616. The lowest BCUT2D eigenvalue weighted by molar-refractivity contribution is 0.0522. The fourth-order valence-corrected chi connectivity index (χ4v) is 3.73. The van der Waals surface area contributed by atoms with Crippen LogP contribution in [0.1, 0.15) is 49.4 Å². The van der Waals surface area contributed by atoms with E-state index >= 15 is 0 Å². The number of hydrogen-bond acceptors (Lipinski definition) is 4. The molecule has 1 fully saturated rings.